The highest BCUT2D eigenvalue weighted by Crippen LogP contribution is 2.21. The molecule has 0 saturated heterocycles. The number of amides is 2. The van der Waals surface area contributed by atoms with Gasteiger partial charge in [0.2, 0.25) is 11.7 Å². The molecule has 22 heavy (non-hydrogen) atoms. The average molecular weight is 335 g/mol. The number of hydrogen-bond donors (Lipinski definition) is 2. The first-order valence-corrected chi connectivity index (χ1v) is 7.63. The molecule has 2 amide bonds. The topological polar surface area (TPSA) is 80.1 Å². The Morgan fingerprint density at radius 1 is 1.32 bits per heavy atom. The molecule has 0 saturated carbocycles. The molecule has 112 valence electrons. The first-order chi connectivity index (χ1) is 10.7. The lowest BCUT2D eigenvalue weighted by molar-refractivity contribution is 0.249. The Kier molecular flexibility index (Phi) is 4.36. The van der Waals surface area contributed by atoms with Crippen LogP contribution < -0.4 is 10.6 Å². The van der Waals surface area contributed by atoms with Crippen LogP contribution >= 0.6 is 22.9 Å². The number of benzene rings is 1. The van der Waals surface area contributed by atoms with Crippen molar-refractivity contribution in [3.05, 3.63) is 52.7 Å². The minimum Gasteiger partial charge on any atom is -0.337 e. The first kappa shape index (κ1) is 14.6. The number of rotatable bonds is 4. The lowest BCUT2D eigenvalue weighted by atomic mass is 10.3. The van der Waals surface area contributed by atoms with Gasteiger partial charge in [-0.3, -0.25) is 0 Å². The maximum atomic E-state index is 11.8. The van der Waals surface area contributed by atoms with E-state index >= 15 is 0 Å². The van der Waals surface area contributed by atoms with Crippen molar-refractivity contribution < 1.29 is 9.32 Å². The summed E-state index contributed by atoms with van der Waals surface area (Å²) in [5, 5.41) is 11.7. The summed E-state index contributed by atoms with van der Waals surface area (Å²) in [4.78, 5) is 16.9. The Morgan fingerprint density at radius 2 is 2.23 bits per heavy atom. The predicted molar refractivity (Wildman–Crippen MR) is 84.9 cm³/mol. The molecule has 0 atom stereocenters. The van der Waals surface area contributed by atoms with Crippen molar-refractivity contribution >= 4 is 34.7 Å². The average Bonchev–Trinajstić information content (AvgIpc) is 3.16. The van der Waals surface area contributed by atoms with E-state index in [9.17, 15) is 4.79 Å². The van der Waals surface area contributed by atoms with Gasteiger partial charge in [-0.1, -0.05) is 28.9 Å². The molecule has 1 aromatic carbocycles. The maximum absolute atomic E-state index is 11.8. The van der Waals surface area contributed by atoms with E-state index in [1.54, 1.807) is 24.3 Å². The van der Waals surface area contributed by atoms with Gasteiger partial charge >= 0.3 is 6.03 Å². The van der Waals surface area contributed by atoms with Crippen molar-refractivity contribution in [1.29, 1.82) is 0 Å². The van der Waals surface area contributed by atoms with Gasteiger partial charge in [-0.15, -0.1) is 11.3 Å². The van der Waals surface area contributed by atoms with Crippen LogP contribution in [0.1, 0.15) is 5.89 Å². The smallest absolute Gasteiger partial charge is 0.319 e. The molecule has 3 aromatic rings. The molecule has 0 aliphatic carbocycles. The Hall–Kier alpha value is -2.38. The van der Waals surface area contributed by atoms with E-state index in [0.29, 0.717) is 22.4 Å². The number of hydrogen-bond acceptors (Lipinski definition) is 5. The fraction of sp³-hybridized carbons (Fsp3) is 0.0714. The minimum atomic E-state index is -0.377. The summed E-state index contributed by atoms with van der Waals surface area (Å²) in [5.74, 6) is 0.853. The first-order valence-electron chi connectivity index (χ1n) is 6.37. The van der Waals surface area contributed by atoms with Crippen LogP contribution in [0, 0.1) is 0 Å². The number of carbonyl (C=O) groups excluding carboxylic acids is 1. The van der Waals surface area contributed by atoms with Crippen LogP contribution in [0.25, 0.3) is 10.7 Å². The Balaban J connectivity index is 1.55. The number of halogens is 1. The normalized spacial score (nSPS) is 10.4. The van der Waals surface area contributed by atoms with Gasteiger partial charge in [-0.05, 0) is 29.6 Å². The molecule has 0 aliphatic rings. The maximum Gasteiger partial charge on any atom is 0.319 e. The van der Waals surface area contributed by atoms with E-state index < -0.39 is 0 Å². The van der Waals surface area contributed by atoms with Crippen LogP contribution in [0.5, 0.6) is 0 Å². The van der Waals surface area contributed by atoms with E-state index in [-0.39, 0.29) is 12.6 Å². The fourth-order valence-electron chi connectivity index (χ4n) is 1.73. The van der Waals surface area contributed by atoms with Crippen LogP contribution in [0.4, 0.5) is 10.5 Å². The van der Waals surface area contributed by atoms with E-state index in [4.69, 9.17) is 16.1 Å². The third-order valence-electron chi connectivity index (χ3n) is 2.69. The largest absolute Gasteiger partial charge is 0.337 e. The number of aromatic nitrogens is 2. The van der Waals surface area contributed by atoms with Crippen molar-refractivity contribution in [3.8, 4) is 10.7 Å². The number of nitrogens with zero attached hydrogens (tertiary/aromatic N) is 2. The van der Waals surface area contributed by atoms with Crippen LogP contribution in [0.3, 0.4) is 0 Å². The Labute approximate surface area is 135 Å². The highest BCUT2D eigenvalue weighted by molar-refractivity contribution is 7.13. The second-order valence-corrected chi connectivity index (χ2v) is 5.69. The standard InChI is InChI=1S/C14H11ClN4O2S/c15-9-3-1-4-10(7-9)17-14(20)16-8-12-18-13(19-21-12)11-5-2-6-22-11/h1-7H,8H2,(H2,16,17,20). The molecule has 8 heteroatoms. The number of anilines is 1. The highest BCUT2D eigenvalue weighted by Gasteiger charge is 2.10. The lowest BCUT2D eigenvalue weighted by Gasteiger charge is -2.05. The highest BCUT2D eigenvalue weighted by atomic mass is 35.5. The molecule has 0 unspecified atom stereocenters. The molecule has 2 aromatic heterocycles. The van der Waals surface area contributed by atoms with Crippen LogP contribution in [-0.2, 0) is 6.54 Å². The van der Waals surface area contributed by atoms with Crippen molar-refractivity contribution in [2.24, 2.45) is 0 Å². The zero-order valence-electron chi connectivity index (χ0n) is 11.2. The van der Waals surface area contributed by atoms with Gasteiger partial charge in [0.1, 0.15) is 0 Å². The van der Waals surface area contributed by atoms with Crippen molar-refractivity contribution in [1.82, 2.24) is 15.5 Å². The summed E-state index contributed by atoms with van der Waals surface area (Å²) in [7, 11) is 0. The fourth-order valence-corrected chi connectivity index (χ4v) is 2.57. The monoisotopic (exact) mass is 334 g/mol. The molecule has 6 nitrogen and oxygen atoms in total. The van der Waals surface area contributed by atoms with E-state index in [1.165, 1.54) is 11.3 Å². The molecule has 0 radical (unpaired) electrons. The number of nitrogens with one attached hydrogen (secondary N) is 2. The zero-order valence-corrected chi connectivity index (χ0v) is 12.8. The third-order valence-corrected chi connectivity index (χ3v) is 3.79. The van der Waals surface area contributed by atoms with E-state index in [2.05, 4.69) is 20.8 Å². The summed E-state index contributed by atoms with van der Waals surface area (Å²) in [6, 6.07) is 10.3. The molecule has 2 N–H and O–H groups in total. The van der Waals surface area contributed by atoms with E-state index in [0.717, 1.165) is 4.88 Å². The molecule has 0 aliphatic heterocycles. The van der Waals surface area contributed by atoms with Crippen molar-refractivity contribution in [3.63, 3.8) is 0 Å². The lowest BCUT2D eigenvalue weighted by Crippen LogP contribution is -2.28. The molecule has 0 fully saturated rings. The minimum absolute atomic E-state index is 0.144. The molecule has 0 spiro atoms. The summed E-state index contributed by atoms with van der Waals surface area (Å²) < 4.78 is 5.09. The SMILES string of the molecule is O=C(NCc1nc(-c2cccs2)no1)Nc1cccc(Cl)c1. The van der Waals surface area contributed by atoms with Gasteiger partial charge in [0, 0.05) is 10.7 Å². The summed E-state index contributed by atoms with van der Waals surface area (Å²) in [6.07, 6.45) is 0. The molecular weight excluding hydrogens is 324 g/mol. The molecular formula is C14H11ClN4O2S. The predicted octanol–water partition coefficient (Wildman–Crippen LogP) is 3.77. The summed E-state index contributed by atoms with van der Waals surface area (Å²) in [6.45, 7) is 0.144. The second kappa shape index (κ2) is 6.59. The van der Waals surface area contributed by atoms with Gasteiger partial charge in [0.05, 0.1) is 11.4 Å². The number of urea groups is 1. The van der Waals surface area contributed by atoms with Crippen LogP contribution in [-0.4, -0.2) is 16.2 Å². The van der Waals surface area contributed by atoms with Gasteiger partial charge in [0.15, 0.2) is 0 Å². The summed E-state index contributed by atoms with van der Waals surface area (Å²) >= 11 is 7.37. The molecule has 3 rings (SSSR count). The number of thiophene rings is 1. The second-order valence-electron chi connectivity index (χ2n) is 4.31. The van der Waals surface area contributed by atoms with Crippen molar-refractivity contribution in [2.75, 3.05) is 5.32 Å². The quantitative estimate of drug-likeness (QED) is 0.761. The summed E-state index contributed by atoms with van der Waals surface area (Å²) in [5.41, 5.74) is 0.606. The van der Waals surface area contributed by atoms with Crippen molar-refractivity contribution in [2.45, 2.75) is 6.54 Å². The Bertz CT molecular complexity index is 773. The third kappa shape index (κ3) is 3.63. The molecule has 0 bridgehead atoms. The van der Waals surface area contributed by atoms with Gasteiger partial charge in [0.25, 0.3) is 0 Å². The van der Waals surface area contributed by atoms with Crippen LogP contribution in [0.2, 0.25) is 5.02 Å². The van der Waals surface area contributed by atoms with Gasteiger partial charge in [-0.25, -0.2) is 4.79 Å². The van der Waals surface area contributed by atoms with E-state index in [1.807, 2.05) is 17.5 Å². The van der Waals surface area contributed by atoms with Gasteiger partial charge in [-0.2, -0.15) is 4.98 Å². The molecule has 2 heterocycles. The Morgan fingerprint density at radius 3 is 3.00 bits per heavy atom. The zero-order chi connectivity index (χ0) is 15.4. The van der Waals surface area contributed by atoms with Crippen LogP contribution in [0.15, 0.2) is 46.3 Å². The number of carbonyl (C=O) groups is 1. The van der Waals surface area contributed by atoms with Gasteiger partial charge < -0.3 is 15.2 Å².